The Hall–Kier alpha value is -4.86. The van der Waals surface area contributed by atoms with Crippen molar-refractivity contribution >= 4 is 31.2 Å². The molecule has 2 aliphatic rings. The Morgan fingerprint density at radius 3 is 2.09 bits per heavy atom. The van der Waals surface area contributed by atoms with Crippen molar-refractivity contribution in [2.45, 2.75) is 87.7 Å². The number of aliphatic hydroxyl groups excluding tert-OH is 1. The summed E-state index contributed by atoms with van der Waals surface area (Å²) in [6, 6.07) is 29.0. The number of hydrogen-bond acceptors (Lipinski definition) is 10. The summed E-state index contributed by atoms with van der Waals surface area (Å²) >= 11 is 0. The summed E-state index contributed by atoms with van der Waals surface area (Å²) in [5.74, 6) is -0.993. The van der Waals surface area contributed by atoms with E-state index in [1.807, 2.05) is 85.8 Å². The highest BCUT2D eigenvalue weighted by Gasteiger charge is 2.59. The molecule has 0 radical (unpaired) electrons. The Morgan fingerprint density at radius 2 is 1.53 bits per heavy atom. The summed E-state index contributed by atoms with van der Waals surface area (Å²) < 4.78 is 34.7. The highest BCUT2D eigenvalue weighted by molar-refractivity contribution is 6.74. The topological polar surface area (TPSA) is 139 Å². The molecule has 5 aromatic rings. The van der Waals surface area contributed by atoms with E-state index in [-0.39, 0.29) is 23.4 Å². The number of benzene rings is 3. The summed E-state index contributed by atoms with van der Waals surface area (Å²) in [4.78, 5) is 26.8. The lowest BCUT2D eigenvalue weighted by Gasteiger charge is -2.45. The lowest BCUT2D eigenvalue weighted by molar-refractivity contribution is -0.168. The number of nitrogens with one attached hydrogen (secondary N) is 1. The number of aromatic nitrogens is 4. The van der Waals surface area contributed by atoms with Gasteiger partial charge in [-0.15, -0.1) is 0 Å². The van der Waals surface area contributed by atoms with Gasteiger partial charge < -0.3 is 33.8 Å². The largest absolute Gasteiger partial charge is 0.404 e. The van der Waals surface area contributed by atoms with E-state index < -0.39 is 43.7 Å². The third-order valence-corrected chi connectivity index (χ3v) is 16.5. The Bertz CT molecular complexity index is 2230. The van der Waals surface area contributed by atoms with Crippen LogP contribution in [0.1, 0.15) is 61.8 Å². The Morgan fingerprint density at radius 1 is 0.931 bits per heavy atom. The van der Waals surface area contributed by atoms with Crippen LogP contribution in [0.5, 0.6) is 0 Å². The number of ether oxygens (including phenoxy) is 4. The Balaban J connectivity index is 1.29. The van der Waals surface area contributed by atoms with E-state index in [1.54, 1.807) is 49.4 Å². The maximum atomic E-state index is 13.2. The van der Waals surface area contributed by atoms with Gasteiger partial charge in [0.1, 0.15) is 29.7 Å². The Labute approximate surface area is 341 Å². The number of imidazole rings is 1. The molecule has 1 aliphatic heterocycles. The van der Waals surface area contributed by atoms with Crippen LogP contribution in [0.4, 0.5) is 5.82 Å². The molecule has 0 bridgehead atoms. The van der Waals surface area contributed by atoms with Crippen LogP contribution in [0, 0.1) is 0 Å². The average Bonchev–Trinajstić information content (AvgIpc) is 3.76. The first-order chi connectivity index (χ1) is 27.7. The third kappa shape index (κ3) is 7.47. The van der Waals surface area contributed by atoms with Gasteiger partial charge in [0.15, 0.2) is 37.3 Å². The lowest BCUT2D eigenvalue weighted by atomic mass is 9.77. The van der Waals surface area contributed by atoms with Crippen molar-refractivity contribution in [2.75, 3.05) is 26.1 Å². The van der Waals surface area contributed by atoms with Crippen LogP contribution >= 0.6 is 0 Å². The minimum Gasteiger partial charge on any atom is -0.404 e. The molecule has 12 nitrogen and oxygen atoms in total. The first-order valence-corrected chi connectivity index (χ1v) is 22.4. The maximum absolute atomic E-state index is 13.2. The van der Waals surface area contributed by atoms with Gasteiger partial charge in [-0.05, 0) is 60.0 Å². The van der Waals surface area contributed by atoms with Crippen LogP contribution in [-0.4, -0.2) is 83.3 Å². The van der Waals surface area contributed by atoms with E-state index in [0.717, 1.165) is 16.7 Å². The highest BCUT2D eigenvalue weighted by Crippen LogP contribution is 2.50. The van der Waals surface area contributed by atoms with E-state index in [2.05, 4.69) is 60.2 Å². The number of rotatable bonds is 13. The van der Waals surface area contributed by atoms with Gasteiger partial charge >= 0.3 is 0 Å². The molecule has 304 valence electrons. The molecule has 2 aromatic heterocycles. The van der Waals surface area contributed by atoms with Gasteiger partial charge in [-0.2, -0.15) is 0 Å². The van der Waals surface area contributed by atoms with Gasteiger partial charge in [-0.3, -0.25) is 9.36 Å². The van der Waals surface area contributed by atoms with Crippen LogP contribution in [0.25, 0.3) is 11.2 Å². The number of methoxy groups -OCH3 is 2. The first kappa shape index (κ1) is 41.3. The molecule has 4 atom stereocenters. The Kier molecular flexibility index (Phi) is 11.4. The summed E-state index contributed by atoms with van der Waals surface area (Å²) in [6.45, 7) is 12.6. The van der Waals surface area contributed by atoms with Gasteiger partial charge in [0, 0.05) is 26.2 Å². The van der Waals surface area contributed by atoms with Crippen molar-refractivity contribution in [1.29, 1.82) is 0 Å². The SMILES string of the molecule is COC1(OC)C=CC(C(OC[C@H]2O[C@@H](n3cnc4c(NC(=O)c5ccccc5)ncnc43)[C@](C)(O[Si](C)(C)C(C)(C)C)[C@@H]2O)(c2ccccc2)c2ccccc2)=CC1. The average molecular weight is 804 g/mol. The molecule has 0 saturated carbocycles. The molecule has 3 aromatic carbocycles. The predicted octanol–water partition coefficient (Wildman–Crippen LogP) is 7.95. The molecule has 1 amide bonds. The number of anilines is 1. The van der Waals surface area contributed by atoms with Gasteiger partial charge in [-0.1, -0.05) is 112 Å². The van der Waals surface area contributed by atoms with Gasteiger partial charge in [0.05, 0.1) is 12.9 Å². The third-order valence-electron chi connectivity index (χ3n) is 11.9. The van der Waals surface area contributed by atoms with Crippen LogP contribution in [0.3, 0.4) is 0 Å². The maximum Gasteiger partial charge on any atom is 0.256 e. The fourth-order valence-electron chi connectivity index (χ4n) is 7.62. The number of amides is 1. The number of fused-ring (bicyclic) bond motifs is 1. The molecule has 7 rings (SSSR count). The molecule has 0 spiro atoms. The fourth-order valence-corrected chi connectivity index (χ4v) is 9.24. The molecule has 1 saturated heterocycles. The normalized spacial score (nSPS) is 22.2. The van der Waals surface area contributed by atoms with Gasteiger partial charge in [0.2, 0.25) is 0 Å². The fraction of sp³-hybridized carbons (Fsp3) is 0.378. The monoisotopic (exact) mass is 803 g/mol. The van der Waals surface area contributed by atoms with Crippen molar-refractivity contribution in [3.63, 3.8) is 0 Å². The van der Waals surface area contributed by atoms with Crippen LogP contribution < -0.4 is 5.32 Å². The molecular weight excluding hydrogens is 751 g/mol. The van der Waals surface area contributed by atoms with Crippen molar-refractivity contribution in [3.05, 3.63) is 144 Å². The second-order valence-electron chi connectivity index (χ2n) is 16.5. The molecule has 2 N–H and O–H groups in total. The van der Waals surface area contributed by atoms with E-state index in [1.165, 1.54) is 6.33 Å². The van der Waals surface area contributed by atoms with E-state index in [0.29, 0.717) is 23.1 Å². The zero-order chi connectivity index (χ0) is 41.3. The smallest absolute Gasteiger partial charge is 0.256 e. The molecule has 3 heterocycles. The van der Waals surface area contributed by atoms with Crippen LogP contribution in [0.15, 0.2) is 127 Å². The number of nitrogens with zero attached hydrogens (tertiary/aromatic N) is 4. The number of carbonyl (C=O) groups excluding carboxylic acids is 1. The van der Waals surface area contributed by atoms with Crippen LogP contribution in [0.2, 0.25) is 18.1 Å². The van der Waals surface area contributed by atoms with Crippen molar-refractivity contribution in [2.24, 2.45) is 0 Å². The number of carbonyl (C=O) groups is 1. The zero-order valence-corrected chi connectivity index (χ0v) is 35.4. The van der Waals surface area contributed by atoms with Crippen molar-refractivity contribution in [1.82, 2.24) is 19.5 Å². The second-order valence-corrected chi connectivity index (χ2v) is 21.3. The second kappa shape index (κ2) is 16.1. The van der Waals surface area contributed by atoms with Gasteiger partial charge in [-0.25, -0.2) is 15.0 Å². The van der Waals surface area contributed by atoms with Gasteiger partial charge in [0.25, 0.3) is 5.91 Å². The first-order valence-electron chi connectivity index (χ1n) is 19.5. The molecule has 13 heteroatoms. The van der Waals surface area contributed by atoms with E-state index in [9.17, 15) is 9.90 Å². The summed E-state index contributed by atoms with van der Waals surface area (Å²) in [7, 11) is 0.685. The summed E-state index contributed by atoms with van der Waals surface area (Å²) in [5.41, 5.74) is 1.51. The number of aliphatic hydroxyl groups is 1. The molecule has 0 unspecified atom stereocenters. The minimum absolute atomic E-state index is 0.0250. The lowest BCUT2D eigenvalue weighted by Crippen LogP contribution is -2.56. The summed E-state index contributed by atoms with van der Waals surface area (Å²) in [6.07, 6.45) is 6.48. The highest BCUT2D eigenvalue weighted by atomic mass is 28.4. The van der Waals surface area contributed by atoms with Crippen molar-refractivity contribution in [3.8, 4) is 0 Å². The molecule has 1 fully saturated rings. The molecule has 58 heavy (non-hydrogen) atoms. The number of hydrogen-bond donors (Lipinski definition) is 2. The predicted molar refractivity (Wildman–Crippen MR) is 225 cm³/mol. The van der Waals surface area contributed by atoms with Crippen LogP contribution in [-0.2, 0) is 29.0 Å². The quantitative estimate of drug-likeness (QED) is 0.0891. The standard InChI is InChI=1S/C45H53N5O7Si/c1-42(2,3)58(7,8)57-43(4)37(51)35(56-41(43)50-30-48-36-38(46-29-47-39(36)50)49-40(52)31-18-12-9-13-19-31)28-55-45(32-20-14-10-15-21-32,33-22-16-11-17-23-33)34-24-26-44(53-5,54-6)27-25-34/h9-26,29-30,35,37,41,51H,27-28H2,1-8H3,(H,46,47,49,52)/t35-,37-,41-,43-/m1/s1. The molecular formula is C45H53N5O7Si. The minimum atomic E-state index is -2.56. The summed E-state index contributed by atoms with van der Waals surface area (Å²) in [5, 5.41) is 15.3. The zero-order valence-electron chi connectivity index (χ0n) is 34.4. The van der Waals surface area contributed by atoms with E-state index >= 15 is 0 Å². The molecule has 1 aliphatic carbocycles. The van der Waals surface area contributed by atoms with E-state index in [4.69, 9.17) is 23.4 Å². The van der Waals surface area contributed by atoms with Crippen molar-refractivity contribution < 1.29 is 33.3 Å².